The zero-order chi connectivity index (χ0) is 22.9. The zero-order valence-electron chi connectivity index (χ0n) is 17.4. The van der Waals surface area contributed by atoms with E-state index >= 15 is 0 Å². The van der Waals surface area contributed by atoms with E-state index in [9.17, 15) is 28.1 Å². The van der Waals surface area contributed by atoms with E-state index < -0.39 is 47.1 Å². The van der Waals surface area contributed by atoms with Gasteiger partial charge in [-0.2, -0.15) is 13.2 Å². The van der Waals surface area contributed by atoms with Gasteiger partial charge in [0.1, 0.15) is 17.1 Å². The Bertz CT molecular complexity index is 774. The van der Waals surface area contributed by atoms with Crippen molar-refractivity contribution in [3.05, 3.63) is 34.4 Å². The summed E-state index contributed by atoms with van der Waals surface area (Å²) in [5.41, 5.74) is -2.26. The molecule has 30 heavy (non-hydrogen) atoms. The molecule has 0 N–H and O–H groups in total. The van der Waals surface area contributed by atoms with E-state index in [1.807, 2.05) is 0 Å². The van der Waals surface area contributed by atoms with Crippen molar-refractivity contribution in [2.24, 2.45) is 0 Å². The summed E-state index contributed by atoms with van der Waals surface area (Å²) in [6, 6.07) is 3.35. The second kappa shape index (κ2) is 8.29. The van der Waals surface area contributed by atoms with Crippen LogP contribution >= 0.6 is 0 Å². The van der Waals surface area contributed by atoms with Gasteiger partial charge in [-0.25, -0.2) is 4.79 Å². The fourth-order valence-corrected chi connectivity index (χ4v) is 3.04. The van der Waals surface area contributed by atoms with E-state index in [4.69, 9.17) is 14.2 Å². The number of benzene rings is 1. The minimum absolute atomic E-state index is 0.123. The van der Waals surface area contributed by atoms with Crippen LogP contribution in [0.4, 0.5) is 23.7 Å². The Morgan fingerprint density at radius 3 is 2.33 bits per heavy atom. The zero-order valence-corrected chi connectivity index (χ0v) is 17.4. The van der Waals surface area contributed by atoms with Crippen LogP contribution in [0.3, 0.4) is 0 Å². The van der Waals surface area contributed by atoms with Crippen molar-refractivity contribution in [2.75, 3.05) is 6.61 Å². The monoisotopic (exact) mass is 434 g/mol. The molecular formula is C19H25F3N2O6. The van der Waals surface area contributed by atoms with Crippen LogP contribution in [0.25, 0.3) is 0 Å². The average Bonchev–Trinajstić information content (AvgIpc) is 2.86. The highest BCUT2D eigenvalue weighted by molar-refractivity contribution is 5.69. The van der Waals surface area contributed by atoms with Gasteiger partial charge in [-0.15, -0.1) is 0 Å². The summed E-state index contributed by atoms with van der Waals surface area (Å²) < 4.78 is 56.9. The van der Waals surface area contributed by atoms with Crippen molar-refractivity contribution in [3.63, 3.8) is 0 Å². The number of nitro groups is 1. The van der Waals surface area contributed by atoms with Gasteiger partial charge in [0.25, 0.3) is 5.69 Å². The van der Waals surface area contributed by atoms with Gasteiger partial charge in [-0.3, -0.25) is 15.0 Å². The van der Waals surface area contributed by atoms with E-state index in [0.29, 0.717) is 0 Å². The smallest absolute Gasteiger partial charge is 0.425 e. The number of non-ortho nitro benzene ring substituents is 1. The molecule has 168 valence electrons. The van der Waals surface area contributed by atoms with E-state index in [1.165, 1.54) is 0 Å². The lowest BCUT2D eigenvalue weighted by Gasteiger charge is -2.36. The molecule has 0 bridgehead atoms. The Morgan fingerprint density at radius 2 is 1.87 bits per heavy atom. The third-order valence-corrected chi connectivity index (χ3v) is 4.34. The first-order valence-electron chi connectivity index (χ1n) is 9.24. The number of alkyl halides is 3. The van der Waals surface area contributed by atoms with Gasteiger partial charge >= 0.3 is 12.3 Å². The highest BCUT2D eigenvalue weighted by Gasteiger charge is 2.51. The maximum atomic E-state index is 13.6. The highest BCUT2D eigenvalue weighted by Crippen LogP contribution is 2.36. The Labute approximate surface area is 172 Å². The Kier molecular flexibility index (Phi) is 6.55. The summed E-state index contributed by atoms with van der Waals surface area (Å²) in [5.74, 6) is -0.176. The number of rotatable bonds is 5. The first kappa shape index (κ1) is 23.7. The molecule has 1 aliphatic rings. The van der Waals surface area contributed by atoms with Crippen LogP contribution in [0.5, 0.6) is 5.75 Å². The molecule has 0 radical (unpaired) electrons. The minimum atomic E-state index is -4.74. The quantitative estimate of drug-likeness (QED) is 0.494. The Morgan fingerprint density at radius 1 is 1.30 bits per heavy atom. The second-order valence-corrected chi connectivity index (χ2v) is 8.40. The van der Waals surface area contributed by atoms with Crippen LogP contribution in [-0.4, -0.2) is 52.2 Å². The third kappa shape index (κ3) is 5.97. The SMILES string of the molecule is CC(C)(C)OC(=O)N1[C@@H](C[C@@H](Oc2ccc([N+](=O)[O-])cc2)C(F)(F)F)COC1(C)C. The highest BCUT2D eigenvalue weighted by atomic mass is 19.4. The summed E-state index contributed by atoms with van der Waals surface area (Å²) >= 11 is 0. The first-order chi connectivity index (χ1) is 13.6. The summed E-state index contributed by atoms with van der Waals surface area (Å²) in [4.78, 5) is 23.8. The number of ether oxygens (including phenoxy) is 3. The summed E-state index contributed by atoms with van der Waals surface area (Å²) in [5, 5.41) is 10.7. The largest absolute Gasteiger partial charge is 0.481 e. The molecular weight excluding hydrogens is 409 g/mol. The lowest BCUT2D eigenvalue weighted by molar-refractivity contribution is -0.384. The summed E-state index contributed by atoms with van der Waals surface area (Å²) in [6.45, 7) is 7.97. The lowest BCUT2D eigenvalue weighted by Crippen LogP contribution is -2.52. The first-order valence-corrected chi connectivity index (χ1v) is 9.24. The van der Waals surface area contributed by atoms with Crippen molar-refractivity contribution in [3.8, 4) is 5.75 Å². The maximum absolute atomic E-state index is 13.6. The molecule has 1 saturated heterocycles. The normalized spacial score (nSPS) is 20.0. The number of amides is 1. The molecule has 8 nitrogen and oxygen atoms in total. The number of nitro benzene ring substituents is 1. The number of carbonyl (C=O) groups excluding carboxylic acids is 1. The predicted molar refractivity (Wildman–Crippen MR) is 100 cm³/mol. The molecule has 1 aromatic rings. The molecule has 11 heteroatoms. The lowest BCUT2D eigenvalue weighted by atomic mass is 10.1. The molecule has 2 rings (SSSR count). The molecule has 0 saturated carbocycles. The molecule has 1 amide bonds. The topological polar surface area (TPSA) is 91.1 Å². The van der Waals surface area contributed by atoms with Crippen LogP contribution in [0.15, 0.2) is 24.3 Å². The number of hydrogen-bond acceptors (Lipinski definition) is 6. The van der Waals surface area contributed by atoms with Crippen molar-refractivity contribution in [1.29, 1.82) is 0 Å². The third-order valence-electron chi connectivity index (χ3n) is 4.34. The maximum Gasteiger partial charge on any atom is 0.425 e. The number of halogens is 3. The van der Waals surface area contributed by atoms with Crippen LogP contribution in [0.2, 0.25) is 0 Å². The molecule has 2 atom stereocenters. The molecule has 1 heterocycles. The van der Waals surface area contributed by atoms with Crippen molar-refractivity contribution in [1.82, 2.24) is 4.90 Å². The number of hydrogen-bond donors (Lipinski definition) is 0. The van der Waals surface area contributed by atoms with Crippen LogP contribution in [-0.2, 0) is 9.47 Å². The molecule has 1 aliphatic heterocycles. The van der Waals surface area contributed by atoms with Crippen LogP contribution < -0.4 is 4.74 Å². The van der Waals surface area contributed by atoms with E-state index in [1.54, 1.807) is 34.6 Å². The number of nitrogens with zero attached hydrogens (tertiary/aromatic N) is 2. The Balaban J connectivity index is 2.22. The predicted octanol–water partition coefficient (Wildman–Crippen LogP) is 4.67. The molecule has 0 aromatic heterocycles. The Hall–Kier alpha value is -2.56. The second-order valence-electron chi connectivity index (χ2n) is 8.40. The average molecular weight is 434 g/mol. The van der Waals surface area contributed by atoms with E-state index in [2.05, 4.69) is 0 Å². The van der Waals surface area contributed by atoms with Gasteiger partial charge in [0.15, 0.2) is 6.10 Å². The van der Waals surface area contributed by atoms with Crippen molar-refractivity contribution >= 4 is 11.8 Å². The fraction of sp³-hybridized carbons (Fsp3) is 0.632. The van der Waals surface area contributed by atoms with Gasteiger partial charge in [0.05, 0.1) is 17.6 Å². The van der Waals surface area contributed by atoms with Gasteiger partial charge in [-0.05, 0) is 46.8 Å². The van der Waals surface area contributed by atoms with Gasteiger partial charge < -0.3 is 14.2 Å². The van der Waals surface area contributed by atoms with Gasteiger partial charge in [-0.1, -0.05) is 0 Å². The van der Waals surface area contributed by atoms with Gasteiger partial charge in [0, 0.05) is 18.6 Å². The molecule has 1 aromatic carbocycles. The minimum Gasteiger partial charge on any atom is -0.481 e. The summed E-state index contributed by atoms with van der Waals surface area (Å²) in [6.07, 6.45) is -8.38. The van der Waals surface area contributed by atoms with Gasteiger partial charge in [0.2, 0.25) is 0 Å². The fourth-order valence-electron chi connectivity index (χ4n) is 3.04. The molecule has 1 fully saturated rings. The van der Waals surface area contributed by atoms with Crippen molar-refractivity contribution < 1.29 is 37.1 Å². The van der Waals surface area contributed by atoms with Crippen LogP contribution in [0.1, 0.15) is 41.0 Å². The van der Waals surface area contributed by atoms with E-state index in [0.717, 1.165) is 29.2 Å². The van der Waals surface area contributed by atoms with E-state index in [-0.39, 0.29) is 18.0 Å². The number of carbonyl (C=O) groups is 1. The molecule has 0 aliphatic carbocycles. The van der Waals surface area contributed by atoms with Crippen LogP contribution in [0, 0.1) is 10.1 Å². The van der Waals surface area contributed by atoms with Crippen molar-refractivity contribution in [2.45, 2.75) is 70.7 Å². The standard InChI is InChI=1S/C19H25F3N2O6/c1-17(2,3)30-16(25)23-13(11-28-18(23,4)5)10-15(19(20,21)22)29-14-8-6-12(7-9-14)24(26)27/h6-9,13,15H,10-11H2,1-5H3/t13-,15+/m0/s1. The molecule has 0 spiro atoms. The summed E-state index contributed by atoms with van der Waals surface area (Å²) in [7, 11) is 0. The molecule has 0 unspecified atom stereocenters.